The van der Waals surface area contributed by atoms with Gasteiger partial charge in [-0.1, -0.05) is 26.0 Å². The van der Waals surface area contributed by atoms with Gasteiger partial charge in [-0.25, -0.2) is 0 Å². The SMILES string of the molecule is CN(C)CCOc1ccccc1C(=O)N(C)CC(C)(C)CN. The monoisotopic (exact) mass is 307 g/mol. The van der Waals surface area contributed by atoms with E-state index in [0.29, 0.717) is 31.0 Å². The summed E-state index contributed by atoms with van der Waals surface area (Å²) in [6, 6.07) is 7.38. The van der Waals surface area contributed by atoms with Crippen LogP contribution in [0.25, 0.3) is 0 Å². The summed E-state index contributed by atoms with van der Waals surface area (Å²) < 4.78 is 5.76. The van der Waals surface area contributed by atoms with Crippen molar-refractivity contribution in [2.24, 2.45) is 11.1 Å². The van der Waals surface area contributed by atoms with Gasteiger partial charge >= 0.3 is 0 Å². The molecule has 0 aliphatic heterocycles. The first-order valence-electron chi connectivity index (χ1n) is 7.59. The molecule has 22 heavy (non-hydrogen) atoms. The third kappa shape index (κ3) is 5.66. The van der Waals surface area contributed by atoms with Crippen LogP contribution in [-0.2, 0) is 0 Å². The maximum absolute atomic E-state index is 12.7. The molecule has 0 saturated heterocycles. The van der Waals surface area contributed by atoms with Crippen molar-refractivity contribution in [3.05, 3.63) is 29.8 Å². The zero-order valence-electron chi connectivity index (χ0n) is 14.4. The van der Waals surface area contributed by atoms with E-state index in [4.69, 9.17) is 10.5 Å². The van der Waals surface area contributed by atoms with E-state index in [0.717, 1.165) is 6.54 Å². The standard InChI is InChI=1S/C17H29N3O2/c1-17(2,12-18)13-20(5)16(21)14-8-6-7-9-15(14)22-11-10-19(3)4/h6-9H,10-13,18H2,1-5H3. The Kier molecular flexibility index (Phi) is 6.84. The van der Waals surface area contributed by atoms with Gasteiger partial charge in [-0.15, -0.1) is 0 Å². The highest BCUT2D eigenvalue weighted by Gasteiger charge is 2.23. The third-order valence-corrected chi connectivity index (χ3v) is 3.48. The molecule has 5 nitrogen and oxygen atoms in total. The van der Waals surface area contributed by atoms with Crippen LogP contribution in [0.2, 0.25) is 0 Å². The van der Waals surface area contributed by atoms with Crippen LogP contribution in [0.1, 0.15) is 24.2 Å². The first-order valence-corrected chi connectivity index (χ1v) is 7.59. The Hall–Kier alpha value is -1.59. The summed E-state index contributed by atoms with van der Waals surface area (Å²) in [4.78, 5) is 16.4. The zero-order chi connectivity index (χ0) is 16.8. The molecule has 0 fully saturated rings. The van der Waals surface area contributed by atoms with Crippen molar-refractivity contribution in [3.63, 3.8) is 0 Å². The Bertz CT molecular complexity index is 487. The number of hydrogen-bond acceptors (Lipinski definition) is 4. The molecule has 0 bridgehead atoms. The second-order valence-corrected chi connectivity index (χ2v) is 6.68. The van der Waals surface area contributed by atoms with Gasteiger partial charge in [0.15, 0.2) is 0 Å². The van der Waals surface area contributed by atoms with Gasteiger partial charge in [-0.3, -0.25) is 4.79 Å². The van der Waals surface area contributed by atoms with E-state index < -0.39 is 0 Å². The van der Waals surface area contributed by atoms with Crippen LogP contribution in [0, 0.1) is 5.41 Å². The predicted molar refractivity (Wildman–Crippen MR) is 90.3 cm³/mol. The van der Waals surface area contributed by atoms with Gasteiger partial charge in [0.05, 0.1) is 5.56 Å². The molecule has 0 aliphatic rings. The minimum absolute atomic E-state index is 0.0398. The van der Waals surface area contributed by atoms with Crippen LogP contribution in [0.5, 0.6) is 5.75 Å². The van der Waals surface area contributed by atoms with Crippen LogP contribution >= 0.6 is 0 Å². The molecule has 1 aromatic carbocycles. The van der Waals surface area contributed by atoms with Gasteiger partial charge in [0.25, 0.3) is 5.91 Å². The number of carbonyl (C=O) groups excluding carboxylic acids is 1. The van der Waals surface area contributed by atoms with Crippen molar-refractivity contribution >= 4 is 5.91 Å². The number of ether oxygens (including phenoxy) is 1. The molecule has 1 rings (SSSR count). The van der Waals surface area contributed by atoms with Gasteiger partial charge in [0.2, 0.25) is 0 Å². The van der Waals surface area contributed by atoms with E-state index in [9.17, 15) is 4.79 Å². The van der Waals surface area contributed by atoms with E-state index in [1.807, 2.05) is 37.2 Å². The van der Waals surface area contributed by atoms with Crippen LogP contribution < -0.4 is 10.5 Å². The van der Waals surface area contributed by atoms with Crippen molar-refractivity contribution in [3.8, 4) is 5.75 Å². The van der Waals surface area contributed by atoms with E-state index >= 15 is 0 Å². The smallest absolute Gasteiger partial charge is 0.257 e. The Labute approximate surface area is 134 Å². The molecular weight excluding hydrogens is 278 g/mol. The first kappa shape index (κ1) is 18.5. The summed E-state index contributed by atoms with van der Waals surface area (Å²) in [7, 11) is 5.78. The van der Waals surface area contributed by atoms with Crippen molar-refractivity contribution in [2.75, 3.05) is 47.4 Å². The number of hydrogen-bond donors (Lipinski definition) is 1. The molecule has 0 unspecified atom stereocenters. The molecule has 0 atom stereocenters. The molecular formula is C17H29N3O2. The normalized spacial score (nSPS) is 11.6. The van der Waals surface area contributed by atoms with Gasteiger partial charge in [0, 0.05) is 20.1 Å². The number of para-hydroxylation sites is 1. The fraction of sp³-hybridized carbons (Fsp3) is 0.588. The van der Waals surface area contributed by atoms with Gasteiger partial charge in [-0.2, -0.15) is 0 Å². The molecule has 5 heteroatoms. The lowest BCUT2D eigenvalue weighted by Gasteiger charge is -2.29. The molecule has 0 spiro atoms. The lowest BCUT2D eigenvalue weighted by molar-refractivity contribution is 0.0736. The summed E-state index contributed by atoms with van der Waals surface area (Å²) >= 11 is 0. The van der Waals surface area contributed by atoms with E-state index in [1.165, 1.54) is 0 Å². The summed E-state index contributed by atoms with van der Waals surface area (Å²) in [6.45, 7) is 6.60. The van der Waals surface area contributed by atoms with Crippen LogP contribution in [-0.4, -0.2) is 63.1 Å². The number of benzene rings is 1. The maximum atomic E-state index is 12.7. The zero-order valence-corrected chi connectivity index (χ0v) is 14.4. The Balaban J connectivity index is 2.80. The lowest BCUT2D eigenvalue weighted by atomic mass is 9.93. The highest BCUT2D eigenvalue weighted by atomic mass is 16.5. The third-order valence-electron chi connectivity index (χ3n) is 3.48. The Morgan fingerprint density at radius 3 is 2.45 bits per heavy atom. The van der Waals surface area contributed by atoms with E-state index in [2.05, 4.69) is 13.8 Å². The van der Waals surface area contributed by atoms with Crippen molar-refractivity contribution < 1.29 is 9.53 Å². The van der Waals surface area contributed by atoms with Gasteiger partial charge in [0.1, 0.15) is 12.4 Å². The average Bonchev–Trinajstić information content (AvgIpc) is 2.46. The number of carbonyl (C=O) groups is 1. The number of amides is 1. The molecule has 2 N–H and O–H groups in total. The Morgan fingerprint density at radius 1 is 1.23 bits per heavy atom. The minimum atomic E-state index is -0.106. The topological polar surface area (TPSA) is 58.8 Å². The molecule has 0 aromatic heterocycles. The summed E-state index contributed by atoms with van der Waals surface area (Å²) in [5.74, 6) is 0.591. The van der Waals surface area contributed by atoms with E-state index in [-0.39, 0.29) is 11.3 Å². The fourth-order valence-electron chi connectivity index (χ4n) is 2.09. The number of nitrogens with two attached hydrogens (primary N) is 1. The van der Waals surface area contributed by atoms with Crippen molar-refractivity contribution in [2.45, 2.75) is 13.8 Å². The van der Waals surface area contributed by atoms with E-state index in [1.54, 1.807) is 18.0 Å². The minimum Gasteiger partial charge on any atom is -0.491 e. The summed E-state index contributed by atoms with van der Waals surface area (Å²) in [5.41, 5.74) is 6.24. The average molecular weight is 307 g/mol. The highest BCUT2D eigenvalue weighted by molar-refractivity contribution is 5.96. The summed E-state index contributed by atoms with van der Waals surface area (Å²) in [5, 5.41) is 0. The first-order chi connectivity index (χ1) is 10.3. The molecule has 1 amide bonds. The number of nitrogens with zero attached hydrogens (tertiary/aromatic N) is 2. The fourth-order valence-corrected chi connectivity index (χ4v) is 2.09. The largest absolute Gasteiger partial charge is 0.491 e. The molecule has 0 saturated carbocycles. The maximum Gasteiger partial charge on any atom is 0.257 e. The molecule has 0 radical (unpaired) electrons. The summed E-state index contributed by atoms with van der Waals surface area (Å²) in [6.07, 6.45) is 0. The Morgan fingerprint density at radius 2 is 1.86 bits per heavy atom. The molecule has 124 valence electrons. The second-order valence-electron chi connectivity index (χ2n) is 6.68. The predicted octanol–water partition coefficient (Wildman–Crippen LogP) is 1.68. The lowest BCUT2D eigenvalue weighted by Crippen LogP contribution is -2.39. The van der Waals surface area contributed by atoms with Crippen LogP contribution in [0.3, 0.4) is 0 Å². The molecule has 1 aromatic rings. The number of rotatable bonds is 8. The van der Waals surface area contributed by atoms with Crippen LogP contribution in [0.15, 0.2) is 24.3 Å². The number of likely N-dealkylation sites (N-methyl/N-ethyl adjacent to an activating group) is 1. The second kappa shape index (κ2) is 8.15. The molecule has 0 heterocycles. The van der Waals surface area contributed by atoms with Crippen LogP contribution in [0.4, 0.5) is 0 Å². The van der Waals surface area contributed by atoms with Gasteiger partial charge < -0.3 is 20.3 Å². The molecule has 0 aliphatic carbocycles. The van der Waals surface area contributed by atoms with Gasteiger partial charge in [-0.05, 0) is 38.2 Å². The van der Waals surface area contributed by atoms with Crippen molar-refractivity contribution in [1.29, 1.82) is 0 Å². The highest BCUT2D eigenvalue weighted by Crippen LogP contribution is 2.22. The quantitative estimate of drug-likeness (QED) is 0.794. The van der Waals surface area contributed by atoms with Crippen molar-refractivity contribution in [1.82, 2.24) is 9.80 Å².